The molecule has 0 bridgehead atoms. The number of rotatable bonds is 9. The van der Waals surface area contributed by atoms with Crippen molar-refractivity contribution in [3.8, 4) is 0 Å². The van der Waals surface area contributed by atoms with Crippen molar-refractivity contribution >= 4 is 0 Å². The molecule has 104 valence electrons. The Morgan fingerprint density at radius 1 is 1.06 bits per heavy atom. The van der Waals surface area contributed by atoms with Crippen molar-refractivity contribution in [3.63, 3.8) is 0 Å². The van der Waals surface area contributed by atoms with Crippen LogP contribution >= 0.6 is 0 Å². The van der Waals surface area contributed by atoms with Crippen molar-refractivity contribution in [3.05, 3.63) is 0 Å². The standard InChI is InChI=1S/C14H31NO2/c1-12(7-9-16-5)13(14(2,3)4)11-15-8-10-17-6/h12-13,15H,7-11H2,1-6H3. The summed E-state index contributed by atoms with van der Waals surface area (Å²) in [5.41, 5.74) is 0.327. The van der Waals surface area contributed by atoms with Gasteiger partial charge in [0, 0.05) is 27.4 Å². The predicted molar refractivity (Wildman–Crippen MR) is 73.3 cm³/mol. The molecule has 0 aliphatic heterocycles. The zero-order valence-electron chi connectivity index (χ0n) is 12.5. The Morgan fingerprint density at radius 3 is 2.12 bits per heavy atom. The summed E-state index contributed by atoms with van der Waals surface area (Å²) in [6.45, 7) is 12.9. The Morgan fingerprint density at radius 2 is 1.65 bits per heavy atom. The molecule has 0 saturated heterocycles. The Hall–Kier alpha value is -0.120. The van der Waals surface area contributed by atoms with E-state index in [-0.39, 0.29) is 0 Å². The molecular weight excluding hydrogens is 214 g/mol. The van der Waals surface area contributed by atoms with Gasteiger partial charge in [-0.3, -0.25) is 0 Å². The van der Waals surface area contributed by atoms with Crippen LogP contribution < -0.4 is 5.32 Å². The van der Waals surface area contributed by atoms with Crippen LogP contribution in [0.25, 0.3) is 0 Å². The summed E-state index contributed by atoms with van der Waals surface area (Å²) in [7, 11) is 3.51. The molecule has 0 spiro atoms. The highest BCUT2D eigenvalue weighted by Gasteiger charge is 2.28. The van der Waals surface area contributed by atoms with Crippen molar-refractivity contribution in [2.45, 2.75) is 34.1 Å². The van der Waals surface area contributed by atoms with E-state index >= 15 is 0 Å². The third kappa shape index (κ3) is 7.74. The highest BCUT2D eigenvalue weighted by Crippen LogP contribution is 2.33. The van der Waals surface area contributed by atoms with Gasteiger partial charge in [0.25, 0.3) is 0 Å². The summed E-state index contributed by atoms with van der Waals surface area (Å²) in [5.74, 6) is 1.33. The highest BCUT2D eigenvalue weighted by atomic mass is 16.5. The molecule has 0 aliphatic rings. The van der Waals surface area contributed by atoms with Gasteiger partial charge in [-0.1, -0.05) is 27.7 Å². The highest BCUT2D eigenvalue weighted by molar-refractivity contribution is 4.80. The van der Waals surface area contributed by atoms with E-state index in [1.54, 1.807) is 14.2 Å². The molecule has 0 heterocycles. The molecule has 17 heavy (non-hydrogen) atoms. The van der Waals surface area contributed by atoms with Gasteiger partial charge in [0.05, 0.1) is 6.61 Å². The van der Waals surface area contributed by atoms with E-state index in [9.17, 15) is 0 Å². The smallest absolute Gasteiger partial charge is 0.0587 e. The molecule has 0 aromatic carbocycles. The van der Waals surface area contributed by atoms with E-state index in [1.807, 2.05) is 0 Å². The number of hydrogen-bond acceptors (Lipinski definition) is 3. The van der Waals surface area contributed by atoms with Gasteiger partial charge in [-0.25, -0.2) is 0 Å². The molecule has 0 amide bonds. The quantitative estimate of drug-likeness (QED) is 0.633. The van der Waals surface area contributed by atoms with E-state index in [0.29, 0.717) is 17.3 Å². The summed E-state index contributed by atoms with van der Waals surface area (Å²) in [6, 6.07) is 0. The Balaban J connectivity index is 4.14. The van der Waals surface area contributed by atoms with Crippen LogP contribution in [0, 0.1) is 17.3 Å². The first-order valence-electron chi connectivity index (χ1n) is 6.62. The van der Waals surface area contributed by atoms with Crippen molar-refractivity contribution in [2.75, 3.05) is 40.5 Å². The van der Waals surface area contributed by atoms with Crippen LogP contribution in [-0.2, 0) is 9.47 Å². The minimum absolute atomic E-state index is 0.327. The molecule has 3 heteroatoms. The lowest BCUT2D eigenvalue weighted by molar-refractivity contribution is 0.114. The first-order chi connectivity index (χ1) is 7.93. The number of nitrogens with one attached hydrogen (secondary N) is 1. The van der Waals surface area contributed by atoms with E-state index in [1.165, 1.54) is 0 Å². The van der Waals surface area contributed by atoms with Crippen LogP contribution in [0.15, 0.2) is 0 Å². The second kappa shape index (κ2) is 8.90. The monoisotopic (exact) mass is 245 g/mol. The minimum atomic E-state index is 0.327. The molecule has 0 radical (unpaired) electrons. The van der Waals surface area contributed by atoms with Gasteiger partial charge in [0.2, 0.25) is 0 Å². The molecule has 0 fully saturated rings. The molecule has 2 atom stereocenters. The van der Waals surface area contributed by atoms with Gasteiger partial charge in [0.1, 0.15) is 0 Å². The van der Waals surface area contributed by atoms with E-state index in [0.717, 1.165) is 32.7 Å². The fourth-order valence-electron chi connectivity index (χ4n) is 2.30. The van der Waals surface area contributed by atoms with Crippen LogP contribution in [-0.4, -0.2) is 40.5 Å². The molecule has 1 N–H and O–H groups in total. The predicted octanol–water partition coefficient (Wildman–Crippen LogP) is 2.56. The van der Waals surface area contributed by atoms with E-state index < -0.39 is 0 Å². The SMILES string of the molecule is COCCNCC(C(C)CCOC)C(C)(C)C. The molecule has 0 saturated carbocycles. The van der Waals surface area contributed by atoms with Crippen molar-refractivity contribution < 1.29 is 9.47 Å². The number of methoxy groups -OCH3 is 2. The maximum Gasteiger partial charge on any atom is 0.0587 e. The van der Waals surface area contributed by atoms with Crippen LogP contribution in [0.1, 0.15) is 34.1 Å². The van der Waals surface area contributed by atoms with E-state index in [2.05, 4.69) is 33.0 Å². The number of ether oxygens (including phenoxy) is 2. The molecule has 2 unspecified atom stereocenters. The van der Waals surface area contributed by atoms with Crippen molar-refractivity contribution in [1.29, 1.82) is 0 Å². The molecule has 0 rings (SSSR count). The van der Waals surface area contributed by atoms with Gasteiger partial charge in [0.15, 0.2) is 0 Å². The lowest BCUT2D eigenvalue weighted by Gasteiger charge is -2.36. The summed E-state index contributed by atoms with van der Waals surface area (Å²) < 4.78 is 10.2. The van der Waals surface area contributed by atoms with Crippen LogP contribution in [0.2, 0.25) is 0 Å². The number of hydrogen-bond donors (Lipinski definition) is 1. The summed E-state index contributed by atoms with van der Waals surface area (Å²) >= 11 is 0. The summed E-state index contributed by atoms with van der Waals surface area (Å²) in [5, 5.41) is 3.48. The van der Waals surface area contributed by atoms with Crippen LogP contribution in [0.4, 0.5) is 0 Å². The largest absolute Gasteiger partial charge is 0.385 e. The first-order valence-corrected chi connectivity index (χ1v) is 6.62. The maximum absolute atomic E-state index is 5.18. The Labute approximate surface area is 107 Å². The summed E-state index contributed by atoms with van der Waals surface area (Å²) in [6.07, 6.45) is 1.13. The summed E-state index contributed by atoms with van der Waals surface area (Å²) in [4.78, 5) is 0. The molecule has 0 aromatic heterocycles. The second-order valence-corrected chi connectivity index (χ2v) is 5.93. The minimum Gasteiger partial charge on any atom is -0.385 e. The van der Waals surface area contributed by atoms with Gasteiger partial charge in [-0.05, 0) is 30.2 Å². The zero-order chi connectivity index (χ0) is 13.3. The zero-order valence-corrected chi connectivity index (χ0v) is 12.5. The lowest BCUT2D eigenvalue weighted by atomic mass is 9.72. The third-order valence-electron chi connectivity index (χ3n) is 3.42. The average molecular weight is 245 g/mol. The van der Waals surface area contributed by atoms with Crippen LogP contribution in [0.5, 0.6) is 0 Å². The molecule has 0 aromatic rings. The normalized spacial score (nSPS) is 15.9. The fraction of sp³-hybridized carbons (Fsp3) is 1.00. The topological polar surface area (TPSA) is 30.5 Å². The van der Waals surface area contributed by atoms with Gasteiger partial charge >= 0.3 is 0 Å². The second-order valence-electron chi connectivity index (χ2n) is 5.93. The molecule has 0 aliphatic carbocycles. The average Bonchev–Trinajstić information content (AvgIpc) is 2.24. The Kier molecular flexibility index (Phi) is 8.83. The molecular formula is C14H31NO2. The van der Waals surface area contributed by atoms with Gasteiger partial charge in [-0.2, -0.15) is 0 Å². The maximum atomic E-state index is 5.18. The lowest BCUT2D eigenvalue weighted by Crippen LogP contribution is -2.37. The van der Waals surface area contributed by atoms with Gasteiger partial charge < -0.3 is 14.8 Å². The Bertz CT molecular complexity index is 178. The van der Waals surface area contributed by atoms with Crippen molar-refractivity contribution in [2.24, 2.45) is 17.3 Å². The van der Waals surface area contributed by atoms with E-state index in [4.69, 9.17) is 9.47 Å². The van der Waals surface area contributed by atoms with Crippen molar-refractivity contribution in [1.82, 2.24) is 5.32 Å². The third-order valence-corrected chi connectivity index (χ3v) is 3.42. The first kappa shape index (κ1) is 16.9. The van der Waals surface area contributed by atoms with Gasteiger partial charge in [-0.15, -0.1) is 0 Å². The van der Waals surface area contributed by atoms with Crippen LogP contribution in [0.3, 0.4) is 0 Å². The fourth-order valence-corrected chi connectivity index (χ4v) is 2.30. The molecule has 3 nitrogen and oxygen atoms in total.